The van der Waals surface area contributed by atoms with Gasteiger partial charge in [0.15, 0.2) is 6.61 Å². The number of hydrogen-bond acceptors (Lipinski definition) is 5. The summed E-state index contributed by atoms with van der Waals surface area (Å²) in [6.45, 7) is 3.56. The highest BCUT2D eigenvalue weighted by Crippen LogP contribution is 2.12. The molecule has 0 bridgehead atoms. The molecular formula is C17H25ClN2O4. The van der Waals surface area contributed by atoms with Crippen molar-refractivity contribution in [3.05, 3.63) is 29.8 Å². The van der Waals surface area contributed by atoms with Gasteiger partial charge in [-0.3, -0.25) is 4.79 Å². The molecule has 0 aromatic heterocycles. The summed E-state index contributed by atoms with van der Waals surface area (Å²) < 4.78 is 10.1. The lowest BCUT2D eigenvalue weighted by atomic mass is 10.1. The smallest absolute Gasteiger partial charge is 0.344 e. The van der Waals surface area contributed by atoms with Gasteiger partial charge >= 0.3 is 5.97 Å². The summed E-state index contributed by atoms with van der Waals surface area (Å²) in [5.74, 6) is 0.331. The molecule has 1 atom stereocenters. The van der Waals surface area contributed by atoms with Gasteiger partial charge in [-0.25, -0.2) is 4.79 Å². The molecule has 1 fully saturated rings. The summed E-state index contributed by atoms with van der Waals surface area (Å²) in [4.78, 5) is 23.1. The van der Waals surface area contributed by atoms with Crippen molar-refractivity contribution in [3.8, 4) is 5.75 Å². The van der Waals surface area contributed by atoms with Gasteiger partial charge < -0.3 is 20.1 Å². The molecule has 2 N–H and O–H groups in total. The average Bonchev–Trinajstić information content (AvgIpc) is 3.09. The summed E-state index contributed by atoms with van der Waals surface area (Å²) in [6, 6.07) is 7.46. The highest BCUT2D eigenvalue weighted by molar-refractivity contribution is 5.85. The van der Waals surface area contributed by atoms with Crippen LogP contribution < -0.4 is 15.4 Å². The van der Waals surface area contributed by atoms with Gasteiger partial charge in [0.2, 0.25) is 5.91 Å². The standard InChI is InChI=1S/C17H24N2O4.ClH/c1-2-22-16(20)12-23-14-7-5-13(6-8-14)9-11-19-17(21)15-4-3-10-18-15;/h5-8,15,18H,2-4,9-12H2,1H3,(H,19,21);1H. The van der Waals surface area contributed by atoms with Crippen molar-refractivity contribution in [2.75, 3.05) is 26.3 Å². The number of halogens is 1. The second-order valence-electron chi connectivity index (χ2n) is 5.43. The monoisotopic (exact) mass is 356 g/mol. The molecule has 0 radical (unpaired) electrons. The minimum Gasteiger partial charge on any atom is -0.482 e. The molecule has 0 aliphatic carbocycles. The zero-order chi connectivity index (χ0) is 16.5. The number of esters is 1. The Morgan fingerprint density at radius 3 is 2.67 bits per heavy atom. The van der Waals surface area contributed by atoms with Crippen molar-refractivity contribution in [2.45, 2.75) is 32.2 Å². The molecule has 1 heterocycles. The minimum atomic E-state index is -0.375. The Balaban J connectivity index is 0.00000288. The lowest BCUT2D eigenvalue weighted by Crippen LogP contribution is -2.41. The maximum atomic E-state index is 11.9. The van der Waals surface area contributed by atoms with Crippen LogP contribution in [0.15, 0.2) is 24.3 Å². The maximum absolute atomic E-state index is 11.9. The molecule has 7 heteroatoms. The van der Waals surface area contributed by atoms with Crippen molar-refractivity contribution in [3.63, 3.8) is 0 Å². The summed E-state index contributed by atoms with van der Waals surface area (Å²) in [5, 5.41) is 6.13. The Morgan fingerprint density at radius 1 is 1.29 bits per heavy atom. The summed E-state index contributed by atoms with van der Waals surface area (Å²) in [5.41, 5.74) is 1.10. The first-order chi connectivity index (χ1) is 11.2. The van der Waals surface area contributed by atoms with Crippen LogP contribution in [0.25, 0.3) is 0 Å². The number of rotatable bonds is 8. The van der Waals surface area contributed by atoms with Crippen molar-refractivity contribution in [1.82, 2.24) is 10.6 Å². The molecule has 6 nitrogen and oxygen atoms in total. The van der Waals surface area contributed by atoms with E-state index in [4.69, 9.17) is 9.47 Å². The predicted octanol–water partition coefficient (Wildman–Crippen LogP) is 1.46. The molecule has 1 unspecified atom stereocenters. The van der Waals surface area contributed by atoms with Crippen LogP contribution in [0.2, 0.25) is 0 Å². The first kappa shape index (κ1) is 20.3. The normalized spacial score (nSPS) is 16.1. The van der Waals surface area contributed by atoms with Gasteiger partial charge in [0, 0.05) is 6.54 Å². The predicted molar refractivity (Wildman–Crippen MR) is 93.6 cm³/mol. The molecule has 1 saturated heterocycles. The van der Waals surface area contributed by atoms with Crippen LogP contribution in [0, 0.1) is 0 Å². The average molecular weight is 357 g/mol. The van der Waals surface area contributed by atoms with E-state index in [1.165, 1.54) is 0 Å². The molecular weight excluding hydrogens is 332 g/mol. The topological polar surface area (TPSA) is 76.7 Å². The number of hydrogen-bond donors (Lipinski definition) is 2. The van der Waals surface area contributed by atoms with Crippen molar-refractivity contribution in [2.24, 2.45) is 0 Å². The SMILES string of the molecule is CCOC(=O)COc1ccc(CCNC(=O)C2CCCN2)cc1.Cl. The Kier molecular flexibility index (Phi) is 9.19. The van der Waals surface area contributed by atoms with Crippen LogP contribution >= 0.6 is 12.4 Å². The van der Waals surface area contributed by atoms with Crippen LogP contribution in [0.4, 0.5) is 0 Å². The van der Waals surface area contributed by atoms with Gasteiger partial charge in [-0.1, -0.05) is 12.1 Å². The lowest BCUT2D eigenvalue weighted by Gasteiger charge is -2.11. The molecule has 1 amide bonds. The fraction of sp³-hybridized carbons (Fsp3) is 0.529. The van der Waals surface area contributed by atoms with Gasteiger partial charge in [0.1, 0.15) is 5.75 Å². The second-order valence-corrected chi connectivity index (χ2v) is 5.43. The van der Waals surface area contributed by atoms with Gasteiger partial charge in [-0.05, 0) is 50.4 Å². The van der Waals surface area contributed by atoms with Crippen LogP contribution in [0.5, 0.6) is 5.75 Å². The zero-order valence-corrected chi connectivity index (χ0v) is 14.7. The fourth-order valence-corrected chi connectivity index (χ4v) is 2.46. The van der Waals surface area contributed by atoms with Gasteiger partial charge in [0.25, 0.3) is 0 Å². The molecule has 1 aromatic rings. The number of ether oxygens (including phenoxy) is 2. The van der Waals surface area contributed by atoms with Crippen LogP contribution in [0.3, 0.4) is 0 Å². The van der Waals surface area contributed by atoms with E-state index < -0.39 is 0 Å². The third-order valence-electron chi connectivity index (χ3n) is 3.68. The van der Waals surface area contributed by atoms with Crippen LogP contribution in [-0.4, -0.2) is 44.2 Å². The highest BCUT2D eigenvalue weighted by atomic mass is 35.5. The van der Waals surface area contributed by atoms with E-state index in [0.29, 0.717) is 18.9 Å². The van der Waals surface area contributed by atoms with Crippen molar-refractivity contribution < 1.29 is 19.1 Å². The molecule has 1 aliphatic heterocycles. The number of amides is 1. The van der Waals surface area contributed by atoms with E-state index in [-0.39, 0.29) is 36.9 Å². The van der Waals surface area contributed by atoms with E-state index in [9.17, 15) is 9.59 Å². The van der Waals surface area contributed by atoms with E-state index in [2.05, 4.69) is 10.6 Å². The summed E-state index contributed by atoms with van der Waals surface area (Å²) in [6.07, 6.45) is 2.74. The number of carbonyl (C=O) groups excluding carboxylic acids is 2. The molecule has 1 aliphatic rings. The van der Waals surface area contributed by atoms with Gasteiger partial charge in [0.05, 0.1) is 12.6 Å². The lowest BCUT2D eigenvalue weighted by molar-refractivity contribution is -0.145. The van der Waals surface area contributed by atoms with E-state index in [0.717, 1.165) is 31.4 Å². The zero-order valence-electron chi connectivity index (χ0n) is 13.9. The minimum absolute atomic E-state index is 0. The number of nitrogens with one attached hydrogen (secondary N) is 2. The van der Waals surface area contributed by atoms with Crippen molar-refractivity contribution >= 4 is 24.3 Å². The summed E-state index contributed by atoms with van der Waals surface area (Å²) >= 11 is 0. The highest BCUT2D eigenvalue weighted by Gasteiger charge is 2.21. The molecule has 1 aromatic carbocycles. The van der Waals surface area contributed by atoms with E-state index in [1.807, 2.05) is 24.3 Å². The fourth-order valence-electron chi connectivity index (χ4n) is 2.46. The van der Waals surface area contributed by atoms with E-state index in [1.54, 1.807) is 6.92 Å². The summed E-state index contributed by atoms with van der Waals surface area (Å²) in [7, 11) is 0. The van der Waals surface area contributed by atoms with Crippen LogP contribution in [0.1, 0.15) is 25.3 Å². The Hall–Kier alpha value is -1.79. The van der Waals surface area contributed by atoms with Crippen molar-refractivity contribution in [1.29, 1.82) is 0 Å². The van der Waals surface area contributed by atoms with Gasteiger partial charge in [-0.15, -0.1) is 12.4 Å². The van der Waals surface area contributed by atoms with Crippen LogP contribution in [-0.2, 0) is 20.7 Å². The number of carbonyl (C=O) groups is 2. The maximum Gasteiger partial charge on any atom is 0.344 e. The first-order valence-electron chi connectivity index (χ1n) is 8.07. The molecule has 24 heavy (non-hydrogen) atoms. The molecule has 2 rings (SSSR count). The molecule has 0 spiro atoms. The Labute approximate surface area is 148 Å². The van der Waals surface area contributed by atoms with Gasteiger partial charge in [-0.2, -0.15) is 0 Å². The Bertz CT molecular complexity index is 516. The third kappa shape index (κ3) is 6.76. The number of benzene rings is 1. The second kappa shape index (κ2) is 10.9. The molecule has 0 saturated carbocycles. The van der Waals surface area contributed by atoms with E-state index >= 15 is 0 Å². The molecule has 134 valence electrons. The quantitative estimate of drug-likeness (QED) is 0.690. The third-order valence-corrected chi connectivity index (χ3v) is 3.68. The first-order valence-corrected chi connectivity index (χ1v) is 8.07. The Morgan fingerprint density at radius 2 is 2.04 bits per heavy atom. The largest absolute Gasteiger partial charge is 0.482 e.